The molecular weight excluding hydrogens is 501 g/mol. The number of halogens is 3. The minimum absolute atomic E-state index is 0.0365. The van der Waals surface area contributed by atoms with Crippen molar-refractivity contribution in [1.82, 2.24) is 19.4 Å². The van der Waals surface area contributed by atoms with Gasteiger partial charge in [0.05, 0.1) is 4.90 Å². The third-order valence-electron chi connectivity index (χ3n) is 6.27. The van der Waals surface area contributed by atoms with Gasteiger partial charge in [-0.2, -0.15) is 17.5 Å². The molecule has 1 aromatic carbocycles. The fourth-order valence-electron chi connectivity index (χ4n) is 4.21. The lowest BCUT2D eigenvalue weighted by atomic mass is 10.2. The van der Waals surface area contributed by atoms with Crippen molar-refractivity contribution in [1.29, 1.82) is 0 Å². The number of hydrogen-bond acceptors (Lipinski definition) is 6. The summed E-state index contributed by atoms with van der Waals surface area (Å²) < 4.78 is 60.0. The number of benzene rings is 1. The summed E-state index contributed by atoms with van der Waals surface area (Å²) in [7, 11) is -3.64. The molecule has 2 fully saturated rings. The van der Waals surface area contributed by atoms with Gasteiger partial charge in [-0.1, -0.05) is 24.6 Å². The summed E-state index contributed by atoms with van der Waals surface area (Å²) >= 11 is 0. The summed E-state index contributed by atoms with van der Waals surface area (Å²) in [6.07, 6.45) is -2.76. The number of hydrogen-bond donors (Lipinski definition) is 2. The van der Waals surface area contributed by atoms with E-state index in [1.807, 2.05) is 24.0 Å². The van der Waals surface area contributed by atoms with Crippen molar-refractivity contribution in [3.63, 3.8) is 0 Å². The van der Waals surface area contributed by atoms with Crippen molar-refractivity contribution >= 4 is 21.9 Å². The smallest absolute Gasteiger partial charge is 0.475 e. The summed E-state index contributed by atoms with van der Waals surface area (Å²) in [5, 5.41) is 10.4. The fraction of sp³-hybridized carbons (Fsp3) is 0.652. The number of carbonyl (C=O) groups excluding carboxylic acids is 1. The van der Waals surface area contributed by atoms with Gasteiger partial charge in [0.1, 0.15) is 0 Å². The molecule has 0 aliphatic carbocycles. The zero-order valence-electron chi connectivity index (χ0n) is 20.6. The van der Waals surface area contributed by atoms with E-state index in [0.717, 1.165) is 44.6 Å². The number of likely N-dealkylation sites (tertiary alicyclic amines) is 1. The molecule has 2 N–H and O–H groups in total. The van der Waals surface area contributed by atoms with Crippen LogP contribution in [0.5, 0.6) is 0 Å². The molecule has 36 heavy (non-hydrogen) atoms. The Morgan fingerprint density at radius 3 is 2.25 bits per heavy atom. The normalized spacial score (nSPS) is 19.2. The number of likely N-dealkylation sites (N-methyl/N-ethyl adjacent to an activating group) is 1. The Balaban J connectivity index is 0.000000572. The van der Waals surface area contributed by atoms with Gasteiger partial charge < -0.3 is 15.3 Å². The molecule has 0 saturated carbocycles. The number of nitrogens with zero attached hydrogens (tertiary/aromatic N) is 3. The first-order valence-corrected chi connectivity index (χ1v) is 13.4. The minimum atomic E-state index is -5.08. The van der Waals surface area contributed by atoms with Gasteiger partial charge in [0.25, 0.3) is 0 Å². The Labute approximate surface area is 210 Å². The average molecular weight is 537 g/mol. The second-order valence-corrected chi connectivity index (χ2v) is 10.7. The van der Waals surface area contributed by atoms with Gasteiger partial charge in [-0.25, -0.2) is 13.2 Å². The number of piperazine rings is 1. The lowest BCUT2D eigenvalue weighted by Gasteiger charge is -2.31. The van der Waals surface area contributed by atoms with Crippen LogP contribution < -0.4 is 5.32 Å². The Morgan fingerprint density at radius 1 is 1.14 bits per heavy atom. The highest BCUT2D eigenvalue weighted by atomic mass is 32.2. The topological polar surface area (TPSA) is 110 Å². The molecule has 3 rings (SSSR count). The summed E-state index contributed by atoms with van der Waals surface area (Å²) in [4.78, 5) is 26.0. The van der Waals surface area contributed by atoms with Crippen LogP contribution in [0.3, 0.4) is 0 Å². The molecule has 13 heteroatoms. The molecule has 0 spiro atoms. The van der Waals surface area contributed by atoms with Crippen LogP contribution in [-0.2, 0) is 19.6 Å². The maximum atomic E-state index is 13.4. The van der Waals surface area contributed by atoms with Gasteiger partial charge in [0.2, 0.25) is 15.9 Å². The number of carboxylic acids is 1. The van der Waals surface area contributed by atoms with Gasteiger partial charge in [0, 0.05) is 51.7 Å². The van der Waals surface area contributed by atoms with Gasteiger partial charge >= 0.3 is 12.1 Å². The van der Waals surface area contributed by atoms with E-state index in [0.29, 0.717) is 24.5 Å². The predicted octanol–water partition coefficient (Wildman–Crippen LogP) is 1.93. The molecule has 9 nitrogen and oxygen atoms in total. The fourth-order valence-corrected chi connectivity index (χ4v) is 5.69. The molecule has 2 aliphatic heterocycles. The molecular formula is C23H35F3N4O5S. The van der Waals surface area contributed by atoms with E-state index >= 15 is 0 Å². The summed E-state index contributed by atoms with van der Waals surface area (Å²) in [6, 6.07) is 7.20. The van der Waals surface area contributed by atoms with E-state index in [1.165, 1.54) is 4.31 Å². The van der Waals surface area contributed by atoms with Crippen molar-refractivity contribution in [2.45, 2.75) is 50.2 Å². The Hall–Kier alpha value is -2.22. The van der Waals surface area contributed by atoms with Crippen LogP contribution in [0.2, 0.25) is 0 Å². The molecule has 1 unspecified atom stereocenters. The van der Waals surface area contributed by atoms with Gasteiger partial charge in [-0.3, -0.25) is 9.69 Å². The molecule has 2 aliphatic rings. The Bertz CT molecular complexity index is 967. The van der Waals surface area contributed by atoms with Gasteiger partial charge in [-0.05, 0) is 45.0 Å². The molecule has 1 aromatic rings. The van der Waals surface area contributed by atoms with Crippen LogP contribution in [0.15, 0.2) is 29.2 Å². The largest absolute Gasteiger partial charge is 0.490 e. The van der Waals surface area contributed by atoms with Crippen LogP contribution in [0.1, 0.15) is 31.7 Å². The highest BCUT2D eigenvalue weighted by Crippen LogP contribution is 2.23. The number of carbonyl (C=O) groups is 2. The number of carboxylic acid groups (broad SMARTS) is 1. The van der Waals surface area contributed by atoms with Crippen LogP contribution >= 0.6 is 0 Å². The summed E-state index contributed by atoms with van der Waals surface area (Å²) in [5.74, 6) is -2.72. The number of aryl methyl sites for hydroxylation is 1. The number of amides is 1. The number of alkyl halides is 3. The molecule has 1 amide bonds. The SMILES string of the molecule is CCN1CCCC1CN(CCC(=O)N1CCNCC1)S(=O)(=O)c1ccc(C)cc1.O=C(O)C(F)(F)F. The highest BCUT2D eigenvalue weighted by Gasteiger charge is 2.38. The summed E-state index contributed by atoms with van der Waals surface area (Å²) in [5.41, 5.74) is 1.03. The highest BCUT2D eigenvalue weighted by molar-refractivity contribution is 7.89. The predicted molar refractivity (Wildman–Crippen MR) is 128 cm³/mol. The van der Waals surface area contributed by atoms with Gasteiger partial charge in [-0.15, -0.1) is 0 Å². The van der Waals surface area contributed by atoms with E-state index in [9.17, 15) is 26.4 Å². The molecule has 204 valence electrons. The standard InChI is InChI=1S/C21H34N4O3S.C2HF3O2/c1-3-23-13-4-5-19(23)17-25(14-10-21(26)24-15-11-22-12-16-24)29(27,28)20-8-6-18(2)7-9-20;3-2(4,5)1(6)7/h6-9,19,22H,3-5,10-17H2,1-2H3;(H,6,7). The zero-order chi connectivity index (χ0) is 26.9. The van der Waals surface area contributed by atoms with Crippen LogP contribution in [-0.4, -0.2) is 104 Å². The number of aliphatic carboxylic acids is 1. The lowest BCUT2D eigenvalue weighted by Crippen LogP contribution is -2.48. The first-order valence-electron chi connectivity index (χ1n) is 12.0. The van der Waals surface area contributed by atoms with E-state index in [4.69, 9.17) is 9.90 Å². The Morgan fingerprint density at radius 2 is 1.72 bits per heavy atom. The number of rotatable bonds is 8. The van der Waals surface area contributed by atoms with Gasteiger partial charge in [0.15, 0.2) is 0 Å². The first-order chi connectivity index (χ1) is 16.9. The van der Waals surface area contributed by atoms with Crippen molar-refractivity contribution in [3.8, 4) is 0 Å². The molecule has 0 bridgehead atoms. The number of sulfonamides is 1. The monoisotopic (exact) mass is 536 g/mol. The van der Waals surface area contributed by atoms with E-state index < -0.39 is 22.2 Å². The molecule has 1 atom stereocenters. The van der Waals surface area contributed by atoms with Crippen LogP contribution in [0, 0.1) is 6.92 Å². The summed E-state index contributed by atoms with van der Waals surface area (Å²) in [6.45, 7) is 9.64. The second-order valence-electron chi connectivity index (χ2n) is 8.78. The molecule has 0 aromatic heterocycles. The zero-order valence-corrected chi connectivity index (χ0v) is 21.4. The average Bonchev–Trinajstić information content (AvgIpc) is 3.29. The van der Waals surface area contributed by atoms with E-state index in [1.54, 1.807) is 12.1 Å². The van der Waals surface area contributed by atoms with Crippen molar-refractivity contribution in [2.24, 2.45) is 0 Å². The lowest BCUT2D eigenvalue weighted by molar-refractivity contribution is -0.192. The third-order valence-corrected chi connectivity index (χ3v) is 8.15. The van der Waals surface area contributed by atoms with Crippen molar-refractivity contribution in [2.75, 3.05) is 52.4 Å². The maximum absolute atomic E-state index is 13.4. The van der Waals surface area contributed by atoms with E-state index in [2.05, 4.69) is 17.1 Å². The van der Waals surface area contributed by atoms with Crippen LogP contribution in [0.25, 0.3) is 0 Å². The molecule has 2 heterocycles. The van der Waals surface area contributed by atoms with Crippen molar-refractivity contribution in [3.05, 3.63) is 29.8 Å². The number of nitrogens with one attached hydrogen (secondary N) is 1. The molecule has 0 radical (unpaired) electrons. The minimum Gasteiger partial charge on any atom is -0.475 e. The first kappa shape index (κ1) is 30.0. The van der Waals surface area contributed by atoms with Crippen molar-refractivity contribution < 1.29 is 36.3 Å². The quantitative estimate of drug-likeness (QED) is 0.523. The van der Waals surface area contributed by atoms with Crippen LogP contribution in [0.4, 0.5) is 13.2 Å². The second kappa shape index (κ2) is 13.4. The molecule has 2 saturated heterocycles. The Kier molecular flexibility index (Phi) is 11.1. The maximum Gasteiger partial charge on any atom is 0.490 e. The third kappa shape index (κ3) is 8.71. The van der Waals surface area contributed by atoms with E-state index in [-0.39, 0.29) is 24.9 Å².